The van der Waals surface area contributed by atoms with Gasteiger partial charge in [0.25, 0.3) is 0 Å². The highest BCUT2D eigenvalue weighted by Gasteiger charge is 2.40. The van der Waals surface area contributed by atoms with Gasteiger partial charge in [0.2, 0.25) is 0 Å². The van der Waals surface area contributed by atoms with Crippen LogP contribution in [0.2, 0.25) is 0 Å². The normalized spacial score (nSPS) is 18.4. The Morgan fingerprint density at radius 2 is 2.00 bits per heavy atom. The van der Waals surface area contributed by atoms with E-state index in [2.05, 4.69) is 47.3 Å². The third kappa shape index (κ3) is 3.05. The molecule has 0 amide bonds. The first kappa shape index (κ1) is 16.6. The number of ether oxygens (including phenoxy) is 1. The molecule has 2 heterocycles. The van der Waals surface area contributed by atoms with Crippen LogP contribution in [0.5, 0.6) is 0 Å². The van der Waals surface area contributed by atoms with Crippen LogP contribution in [0.15, 0.2) is 42.6 Å². The van der Waals surface area contributed by atoms with Crippen LogP contribution in [-0.2, 0) is 15.1 Å². The first-order valence-electron chi connectivity index (χ1n) is 8.82. The van der Waals surface area contributed by atoms with Gasteiger partial charge in [-0.1, -0.05) is 44.7 Å². The number of methoxy groups -OCH3 is 1. The zero-order chi connectivity index (χ0) is 17.0. The molecule has 0 spiro atoms. The number of hydrogen-bond acceptors (Lipinski definition) is 3. The van der Waals surface area contributed by atoms with Crippen molar-refractivity contribution in [2.24, 2.45) is 0 Å². The van der Waals surface area contributed by atoms with Crippen molar-refractivity contribution in [1.29, 1.82) is 0 Å². The maximum atomic E-state index is 12.1. The van der Waals surface area contributed by atoms with Gasteiger partial charge in [0.1, 0.15) is 0 Å². The van der Waals surface area contributed by atoms with E-state index in [0.717, 1.165) is 29.9 Å². The molecule has 0 radical (unpaired) electrons. The van der Waals surface area contributed by atoms with Crippen molar-refractivity contribution >= 4 is 11.7 Å². The first-order valence-corrected chi connectivity index (χ1v) is 8.82. The molecule has 0 bridgehead atoms. The molecule has 0 aliphatic carbocycles. The van der Waals surface area contributed by atoms with Gasteiger partial charge in [0.05, 0.1) is 30.4 Å². The van der Waals surface area contributed by atoms with Gasteiger partial charge in [-0.2, -0.15) is 0 Å². The van der Waals surface area contributed by atoms with E-state index < -0.39 is 5.54 Å². The number of aromatic nitrogens is 1. The average Bonchev–Trinajstić information content (AvgIpc) is 3.10. The van der Waals surface area contributed by atoms with Crippen molar-refractivity contribution in [2.45, 2.75) is 51.0 Å². The van der Waals surface area contributed by atoms with Crippen molar-refractivity contribution in [1.82, 2.24) is 4.57 Å². The zero-order valence-corrected chi connectivity index (χ0v) is 14.5. The summed E-state index contributed by atoms with van der Waals surface area (Å²) in [5.74, 6) is -0.176. The Hall–Kier alpha value is -2.23. The van der Waals surface area contributed by atoms with Crippen molar-refractivity contribution < 1.29 is 9.53 Å². The zero-order valence-electron chi connectivity index (χ0n) is 14.5. The van der Waals surface area contributed by atoms with E-state index >= 15 is 0 Å². The number of unbranched alkanes of at least 4 members (excludes halogenated alkanes) is 3. The second-order valence-corrected chi connectivity index (χ2v) is 6.55. The first-order chi connectivity index (χ1) is 11.7. The van der Waals surface area contributed by atoms with Crippen molar-refractivity contribution in [3.05, 3.63) is 48.3 Å². The molecule has 4 heteroatoms. The van der Waals surface area contributed by atoms with Gasteiger partial charge in [-0.15, -0.1) is 0 Å². The predicted octanol–water partition coefficient (Wildman–Crippen LogP) is 4.63. The van der Waals surface area contributed by atoms with E-state index in [1.54, 1.807) is 0 Å². The van der Waals surface area contributed by atoms with E-state index in [0.29, 0.717) is 6.42 Å². The number of rotatable bonds is 7. The minimum atomic E-state index is -0.404. The summed E-state index contributed by atoms with van der Waals surface area (Å²) in [5, 5.41) is 3.67. The minimum absolute atomic E-state index is 0.176. The maximum Gasteiger partial charge on any atom is 0.308 e. The fourth-order valence-corrected chi connectivity index (χ4v) is 3.68. The van der Waals surface area contributed by atoms with Crippen molar-refractivity contribution in [3.63, 3.8) is 0 Å². The summed E-state index contributed by atoms with van der Waals surface area (Å²) in [5.41, 5.74) is 2.94. The number of carbonyl (C=O) groups is 1. The molecule has 3 rings (SSSR count). The number of hydrogen-bond donors (Lipinski definition) is 1. The number of esters is 1. The lowest BCUT2D eigenvalue weighted by atomic mass is 9.83. The molecule has 1 atom stereocenters. The maximum absolute atomic E-state index is 12.1. The number of anilines is 1. The van der Waals surface area contributed by atoms with E-state index in [4.69, 9.17) is 4.74 Å². The van der Waals surface area contributed by atoms with Gasteiger partial charge in [-0.05, 0) is 30.7 Å². The van der Waals surface area contributed by atoms with Crippen molar-refractivity contribution in [2.75, 3.05) is 12.4 Å². The van der Waals surface area contributed by atoms with Crippen LogP contribution in [0.1, 0.15) is 51.1 Å². The molecule has 0 fully saturated rings. The van der Waals surface area contributed by atoms with Crippen LogP contribution in [0.3, 0.4) is 0 Å². The quantitative estimate of drug-likeness (QED) is 0.596. The predicted molar refractivity (Wildman–Crippen MR) is 96.5 cm³/mol. The Bertz CT molecular complexity index is 707. The molecule has 24 heavy (non-hydrogen) atoms. The van der Waals surface area contributed by atoms with E-state index in [1.165, 1.54) is 26.4 Å². The van der Waals surface area contributed by atoms with Gasteiger partial charge in [-0.25, -0.2) is 0 Å². The summed E-state index contributed by atoms with van der Waals surface area (Å²) >= 11 is 0. The number of para-hydroxylation sites is 2. The molecule has 0 saturated carbocycles. The molecule has 1 aliphatic heterocycles. The van der Waals surface area contributed by atoms with Crippen LogP contribution >= 0.6 is 0 Å². The van der Waals surface area contributed by atoms with Gasteiger partial charge < -0.3 is 14.6 Å². The Kier molecular flexibility index (Phi) is 4.93. The molecule has 0 saturated heterocycles. The lowest BCUT2D eigenvalue weighted by molar-refractivity contribution is -0.142. The molecule has 1 N–H and O–H groups in total. The Morgan fingerprint density at radius 3 is 2.79 bits per heavy atom. The lowest BCUT2D eigenvalue weighted by Crippen LogP contribution is -2.42. The third-order valence-corrected chi connectivity index (χ3v) is 4.91. The molecule has 1 aliphatic rings. The molecule has 4 nitrogen and oxygen atoms in total. The van der Waals surface area contributed by atoms with Crippen LogP contribution in [0.4, 0.5) is 5.69 Å². The highest BCUT2D eigenvalue weighted by molar-refractivity contribution is 5.75. The Morgan fingerprint density at radius 1 is 1.17 bits per heavy atom. The summed E-state index contributed by atoms with van der Waals surface area (Å²) in [6.07, 6.45) is 8.04. The third-order valence-electron chi connectivity index (χ3n) is 4.91. The van der Waals surface area contributed by atoms with Crippen molar-refractivity contribution in [3.8, 4) is 5.69 Å². The van der Waals surface area contributed by atoms with Gasteiger partial charge in [0, 0.05) is 11.9 Å². The summed E-state index contributed by atoms with van der Waals surface area (Å²) in [6, 6.07) is 12.4. The summed E-state index contributed by atoms with van der Waals surface area (Å²) in [7, 11) is 1.46. The number of benzene rings is 1. The fraction of sp³-hybridized carbons (Fsp3) is 0.450. The monoisotopic (exact) mass is 326 g/mol. The average molecular weight is 326 g/mol. The second-order valence-electron chi connectivity index (χ2n) is 6.55. The number of carbonyl (C=O) groups excluding carboxylic acids is 1. The topological polar surface area (TPSA) is 43.3 Å². The van der Waals surface area contributed by atoms with E-state index in [9.17, 15) is 4.79 Å². The largest absolute Gasteiger partial charge is 0.469 e. The molecular weight excluding hydrogens is 300 g/mol. The molecule has 1 aromatic carbocycles. The summed E-state index contributed by atoms with van der Waals surface area (Å²) in [6.45, 7) is 2.21. The number of fused-ring (bicyclic) bond motifs is 3. The Labute approximate surface area is 143 Å². The second kappa shape index (κ2) is 7.12. The SMILES string of the molecule is CCCCCCC1(CC(=O)OC)Nc2ccccc2-n2cccc21. The minimum Gasteiger partial charge on any atom is -0.469 e. The van der Waals surface area contributed by atoms with Crippen LogP contribution in [0.25, 0.3) is 5.69 Å². The molecular formula is C20H26N2O2. The van der Waals surface area contributed by atoms with Gasteiger partial charge >= 0.3 is 5.97 Å². The van der Waals surface area contributed by atoms with E-state index in [-0.39, 0.29) is 5.97 Å². The molecule has 128 valence electrons. The van der Waals surface area contributed by atoms with Crippen LogP contribution in [0, 0.1) is 0 Å². The molecule has 1 aromatic heterocycles. The van der Waals surface area contributed by atoms with E-state index in [1.807, 2.05) is 12.1 Å². The number of nitrogens with zero attached hydrogens (tertiary/aromatic N) is 1. The summed E-state index contributed by atoms with van der Waals surface area (Å²) < 4.78 is 7.20. The van der Waals surface area contributed by atoms with Crippen LogP contribution in [-0.4, -0.2) is 17.6 Å². The highest BCUT2D eigenvalue weighted by Crippen LogP contribution is 2.42. The summed E-state index contributed by atoms with van der Waals surface area (Å²) in [4.78, 5) is 12.1. The molecule has 1 unspecified atom stereocenters. The standard InChI is InChI=1S/C20H26N2O2/c1-3-4-5-8-13-20(15-19(23)24-2)18-12-9-14-22(18)17-11-7-6-10-16(17)21-20/h6-7,9-12,14,21H,3-5,8,13,15H2,1-2H3. The fourth-order valence-electron chi connectivity index (χ4n) is 3.68. The molecule has 2 aromatic rings. The number of nitrogens with one attached hydrogen (secondary N) is 1. The highest BCUT2D eigenvalue weighted by atomic mass is 16.5. The Balaban J connectivity index is 1.97. The van der Waals surface area contributed by atoms with Gasteiger partial charge in [0.15, 0.2) is 0 Å². The lowest BCUT2D eigenvalue weighted by Gasteiger charge is -2.40. The van der Waals surface area contributed by atoms with Gasteiger partial charge in [-0.3, -0.25) is 4.79 Å². The van der Waals surface area contributed by atoms with Crippen LogP contribution < -0.4 is 5.32 Å². The smallest absolute Gasteiger partial charge is 0.308 e.